The molecule has 21 heavy (non-hydrogen) atoms. The number of urea groups is 1. The standard InChI is InChI=1S/C12H13Cl2N5OS/c1-2-19-10(17-18-12(19)21)6-15-11(20)16-7-3-4-8(13)9(14)5-7/h3-5H,2,6H2,1H3,(H,18,21)(H2,15,16,20). The molecule has 0 spiro atoms. The van der Waals surface area contributed by atoms with Gasteiger partial charge in [-0.1, -0.05) is 23.2 Å². The third-order valence-electron chi connectivity index (χ3n) is 2.74. The molecule has 0 bridgehead atoms. The molecule has 3 N–H and O–H groups in total. The number of aromatic amines is 1. The van der Waals surface area contributed by atoms with E-state index in [9.17, 15) is 4.79 Å². The van der Waals surface area contributed by atoms with Crippen molar-refractivity contribution in [3.63, 3.8) is 0 Å². The van der Waals surface area contributed by atoms with Crippen molar-refractivity contribution in [3.8, 4) is 0 Å². The van der Waals surface area contributed by atoms with Gasteiger partial charge in [0.15, 0.2) is 10.6 Å². The van der Waals surface area contributed by atoms with Gasteiger partial charge in [0.25, 0.3) is 0 Å². The number of halogens is 2. The lowest BCUT2D eigenvalue weighted by atomic mass is 10.3. The maximum absolute atomic E-state index is 11.8. The van der Waals surface area contributed by atoms with Gasteiger partial charge in [0.1, 0.15) is 0 Å². The molecule has 1 heterocycles. The number of rotatable bonds is 4. The number of nitrogens with one attached hydrogen (secondary N) is 3. The van der Waals surface area contributed by atoms with E-state index in [4.69, 9.17) is 35.4 Å². The quantitative estimate of drug-likeness (QED) is 0.741. The first-order valence-electron chi connectivity index (χ1n) is 6.15. The summed E-state index contributed by atoms with van der Waals surface area (Å²) in [7, 11) is 0. The number of H-pyrrole nitrogens is 1. The highest BCUT2D eigenvalue weighted by Gasteiger charge is 2.08. The van der Waals surface area contributed by atoms with Gasteiger partial charge in [-0.2, -0.15) is 5.10 Å². The first kappa shape index (κ1) is 15.8. The summed E-state index contributed by atoms with van der Waals surface area (Å²) < 4.78 is 2.33. The van der Waals surface area contributed by atoms with Gasteiger partial charge in [-0.15, -0.1) is 0 Å². The predicted octanol–water partition coefficient (Wildman–Crippen LogP) is 3.59. The summed E-state index contributed by atoms with van der Waals surface area (Å²) >= 11 is 16.8. The van der Waals surface area contributed by atoms with E-state index in [0.29, 0.717) is 32.9 Å². The third kappa shape index (κ3) is 3.96. The van der Waals surface area contributed by atoms with E-state index in [2.05, 4.69) is 20.8 Å². The molecule has 0 unspecified atom stereocenters. The van der Waals surface area contributed by atoms with Crippen LogP contribution < -0.4 is 10.6 Å². The van der Waals surface area contributed by atoms with Crippen LogP contribution >= 0.6 is 35.4 Å². The summed E-state index contributed by atoms with van der Waals surface area (Å²) in [6.45, 7) is 2.89. The van der Waals surface area contributed by atoms with Gasteiger partial charge in [0.2, 0.25) is 0 Å². The van der Waals surface area contributed by atoms with Crippen molar-refractivity contribution in [3.05, 3.63) is 38.8 Å². The molecule has 0 aliphatic carbocycles. The Morgan fingerprint density at radius 3 is 2.86 bits per heavy atom. The zero-order valence-corrected chi connectivity index (χ0v) is 13.4. The number of anilines is 1. The molecule has 0 saturated heterocycles. The summed E-state index contributed by atoms with van der Waals surface area (Å²) in [4.78, 5) is 11.8. The Balaban J connectivity index is 1.95. The van der Waals surface area contributed by atoms with Crippen LogP contribution in [0.3, 0.4) is 0 Å². The molecule has 0 aliphatic heterocycles. The Morgan fingerprint density at radius 2 is 2.19 bits per heavy atom. The fourth-order valence-corrected chi connectivity index (χ4v) is 2.30. The van der Waals surface area contributed by atoms with Crippen LogP contribution in [0.4, 0.5) is 10.5 Å². The zero-order valence-electron chi connectivity index (χ0n) is 11.1. The largest absolute Gasteiger partial charge is 0.331 e. The van der Waals surface area contributed by atoms with E-state index in [0.717, 1.165) is 0 Å². The van der Waals surface area contributed by atoms with Crippen molar-refractivity contribution in [2.75, 3.05) is 5.32 Å². The molecule has 6 nitrogen and oxygen atoms in total. The summed E-state index contributed by atoms with van der Waals surface area (Å²) in [6.07, 6.45) is 0. The van der Waals surface area contributed by atoms with E-state index in [1.807, 2.05) is 6.92 Å². The lowest BCUT2D eigenvalue weighted by molar-refractivity contribution is 0.251. The van der Waals surface area contributed by atoms with E-state index >= 15 is 0 Å². The number of nitrogens with zero attached hydrogens (tertiary/aromatic N) is 2. The minimum absolute atomic E-state index is 0.258. The molecule has 1 aromatic heterocycles. The highest BCUT2D eigenvalue weighted by atomic mass is 35.5. The van der Waals surface area contributed by atoms with Gasteiger partial charge in [0.05, 0.1) is 16.6 Å². The predicted molar refractivity (Wildman–Crippen MR) is 85.4 cm³/mol. The third-order valence-corrected chi connectivity index (χ3v) is 3.79. The average Bonchev–Trinajstić information content (AvgIpc) is 2.81. The van der Waals surface area contributed by atoms with Crippen LogP contribution in [-0.4, -0.2) is 20.8 Å². The maximum atomic E-state index is 11.8. The minimum atomic E-state index is -0.370. The molecular weight excluding hydrogens is 333 g/mol. The lowest BCUT2D eigenvalue weighted by Gasteiger charge is -2.08. The van der Waals surface area contributed by atoms with Crippen molar-refractivity contribution < 1.29 is 4.79 Å². The summed E-state index contributed by atoms with van der Waals surface area (Å²) in [5.74, 6) is 0.659. The fourth-order valence-electron chi connectivity index (χ4n) is 1.72. The second-order valence-corrected chi connectivity index (χ2v) is 5.33. The summed E-state index contributed by atoms with van der Waals surface area (Å²) in [5, 5.41) is 12.9. The van der Waals surface area contributed by atoms with E-state index < -0.39 is 0 Å². The second-order valence-electron chi connectivity index (χ2n) is 4.13. The number of carbonyl (C=O) groups excluding carboxylic acids is 1. The number of hydrogen-bond donors (Lipinski definition) is 3. The smallest absolute Gasteiger partial charge is 0.319 e. The van der Waals surface area contributed by atoms with Crippen molar-refractivity contribution in [2.24, 2.45) is 0 Å². The second kappa shape index (κ2) is 6.93. The lowest BCUT2D eigenvalue weighted by Crippen LogP contribution is -2.29. The fraction of sp³-hybridized carbons (Fsp3) is 0.250. The molecule has 9 heteroatoms. The van der Waals surface area contributed by atoms with Gasteiger partial charge in [-0.3, -0.25) is 5.10 Å². The molecule has 0 radical (unpaired) electrons. The number of hydrogen-bond acceptors (Lipinski definition) is 3. The van der Waals surface area contributed by atoms with E-state index in [-0.39, 0.29) is 12.6 Å². The SMILES string of the molecule is CCn1c(CNC(=O)Nc2ccc(Cl)c(Cl)c2)n[nH]c1=S. The Hall–Kier alpha value is -1.57. The molecular formula is C12H13Cl2N5OS. The molecule has 0 saturated carbocycles. The van der Waals surface area contributed by atoms with E-state index in [1.54, 1.807) is 22.8 Å². The van der Waals surface area contributed by atoms with Crippen LogP contribution in [0.15, 0.2) is 18.2 Å². The molecule has 112 valence electrons. The Kier molecular flexibility index (Phi) is 5.22. The molecule has 2 aromatic rings. The maximum Gasteiger partial charge on any atom is 0.319 e. The number of carbonyl (C=O) groups is 1. The van der Waals surface area contributed by atoms with Gasteiger partial charge in [0, 0.05) is 12.2 Å². The number of aromatic nitrogens is 3. The number of benzene rings is 1. The molecule has 2 amide bonds. The normalized spacial score (nSPS) is 10.4. The molecule has 2 rings (SSSR count). The summed E-state index contributed by atoms with van der Waals surface area (Å²) in [5.41, 5.74) is 0.552. The van der Waals surface area contributed by atoms with Crippen LogP contribution in [-0.2, 0) is 13.1 Å². The van der Waals surface area contributed by atoms with Gasteiger partial charge in [-0.25, -0.2) is 4.79 Å². The highest BCUT2D eigenvalue weighted by Crippen LogP contribution is 2.24. The number of amides is 2. The van der Waals surface area contributed by atoms with Crippen molar-refractivity contribution in [2.45, 2.75) is 20.0 Å². The molecule has 0 fully saturated rings. The average molecular weight is 346 g/mol. The molecule has 0 aliphatic rings. The van der Waals surface area contributed by atoms with Crippen molar-refractivity contribution in [1.29, 1.82) is 0 Å². The highest BCUT2D eigenvalue weighted by molar-refractivity contribution is 7.71. The van der Waals surface area contributed by atoms with Crippen LogP contribution in [0.25, 0.3) is 0 Å². The van der Waals surface area contributed by atoms with Crippen LogP contribution in [0, 0.1) is 4.77 Å². The topological polar surface area (TPSA) is 74.7 Å². The first-order chi connectivity index (χ1) is 10.0. The minimum Gasteiger partial charge on any atom is -0.331 e. The molecule has 0 atom stereocenters. The van der Waals surface area contributed by atoms with Crippen molar-refractivity contribution >= 4 is 47.1 Å². The Labute approximate surface area is 136 Å². The van der Waals surface area contributed by atoms with Gasteiger partial charge in [-0.05, 0) is 37.3 Å². The summed E-state index contributed by atoms with van der Waals surface area (Å²) in [6, 6.07) is 4.48. The van der Waals surface area contributed by atoms with Gasteiger partial charge >= 0.3 is 6.03 Å². The van der Waals surface area contributed by atoms with Crippen LogP contribution in [0.1, 0.15) is 12.7 Å². The molecule has 1 aromatic carbocycles. The van der Waals surface area contributed by atoms with Crippen LogP contribution in [0.2, 0.25) is 10.0 Å². The monoisotopic (exact) mass is 345 g/mol. The Bertz CT molecular complexity index is 712. The van der Waals surface area contributed by atoms with Crippen LogP contribution in [0.5, 0.6) is 0 Å². The first-order valence-corrected chi connectivity index (χ1v) is 7.31. The van der Waals surface area contributed by atoms with E-state index in [1.165, 1.54) is 0 Å². The zero-order chi connectivity index (χ0) is 15.4. The van der Waals surface area contributed by atoms with Gasteiger partial charge < -0.3 is 15.2 Å². The van der Waals surface area contributed by atoms with Crippen molar-refractivity contribution in [1.82, 2.24) is 20.1 Å². The Morgan fingerprint density at radius 1 is 1.43 bits per heavy atom.